The van der Waals surface area contributed by atoms with Gasteiger partial charge in [-0.15, -0.1) is 0 Å². The number of nitrogens with zero attached hydrogens (tertiary/aromatic N) is 4. The molecule has 6 nitrogen and oxygen atoms in total. The molecule has 3 heterocycles. The lowest BCUT2D eigenvalue weighted by Crippen LogP contribution is -2.34. The van der Waals surface area contributed by atoms with Crippen LogP contribution in [0.25, 0.3) is 22.2 Å². The second-order valence-electron chi connectivity index (χ2n) is 8.12. The molecule has 0 fully saturated rings. The van der Waals surface area contributed by atoms with Crippen LogP contribution in [0.1, 0.15) is 39.8 Å². The molecule has 6 heteroatoms. The number of pyridine rings is 2. The summed E-state index contributed by atoms with van der Waals surface area (Å²) in [7, 11) is 1.94. The number of carbonyl (C=O) groups is 1. The van der Waals surface area contributed by atoms with Crippen LogP contribution in [0.5, 0.6) is 0 Å². The smallest absolute Gasteiger partial charge is 0.252 e. The number of aryl methyl sites for hydroxylation is 3. The van der Waals surface area contributed by atoms with Crippen molar-refractivity contribution in [3.05, 3.63) is 76.9 Å². The molecular formula is C25H27N5O. The molecule has 0 aliphatic carbocycles. The van der Waals surface area contributed by atoms with Crippen LogP contribution >= 0.6 is 0 Å². The third kappa shape index (κ3) is 4.06. The average Bonchev–Trinajstić information content (AvgIpc) is 3.00. The summed E-state index contributed by atoms with van der Waals surface area (Å²) < 4.78 is 1.89. The molecule has 0 unspecified atom stereocenters. The van der Waals surface area contributed by atoms with Gasteiger partial charge in [-0.3, -0.25) is 14.5 Å². The molecule has 3 aromatic heterocycles. The van der Waals surface area contributed by atoms with Crippen molar-refractivity contribution in [1.82, 2.24) is 25.1 Å². The van der Waals surface area contributed by atoms with Crippen molar-refractivity contribution in [1.29, 1.82) is 0 Å². The van der Waals surface area contributed by atoms with Crippen LogP contribution in [-0.2, 0) is 13.5 Å². The number of benzene rings is 1. The molecule has 158 valence electrons. The highest BCUT2D eigenvalue weighted by atomic mass is 16.1. The molecule has 4 aromatic rings. The van der Waals surface area contributed by atoms with E-state index >= 15 is 0 Å². The Balaban J connectivity index is 1.69. The number of amides is 1. The Morgan fingerprint density at radius 3 is 2.65 bits per heavy atom. The molecule has 0 bridgehead atoms. The van der Waals surface area contributed by atoms with Crippen molar-refractivity contribution in [3.63, 3.8) is 0 Å². The highest BCUT2D eigenvalue weighted by Gasteiger charge is 2.19. The van der Waals surface area contributed by atoms with Crippen LogP contribution in [0.15, 0.2) is 48.8 Å². The number of fused-ring (bicyclic) bond motifs is 1. The van der Waals surface area contributed by atoms with Gasteiger partial charge in [0.1, 0.15) is 0 Å². The summed E-state index contributed by atoms with van der Waals surface area (Å²) >= 11 is 0. The fraction of sp³-hybridized carbons (Fsp3) is 0.280. The molecule has 31 heavy (non-hydrogen) atoms. The Hall–Kier alpha value is -3.54. The SMILES string of the molecule is Cc1nn(C)c(C)c1C[C@H](C)NC(=O)c1cc(-c2cccnc2)nc2c(C)cccc12. The Morgan fingerprint density at radius 2 is 1.97 bits per heavy atom. The Labute approximate surface area is 182 Å². The summed E-state index contributed by atoms with van der Waals surface area (Å²) in [5.41, 5.74) is 7.43. The van der Waals surface area contributed by atoms with Crippen molar-refractivity contribution in [3.8, 4) is 11.3 Å². The highest BCUT2D eigenvalue weighted by molar-refractivity contribution is 6.07. The molecule has 1 amide bonds. The first-order chi connectivity index (χ1) is 14.8. The summed E-state index contributed by atoms with van der Waals surface area (Å²) in [6.45, 7) is 8.11. The van der Waals surface area contributed by atoms with Gasteiger partial charge in [0, 0.05) is 42.1 Å². The maximum absolute atomic E-state index is 13.4. The summed E-state index contributed by atoms with van der Waals surface area (Å²) in [6.07, 6.45) is 4.23. The van der Waals surface area contributed by atoms with Gasteiger partial charge >= 0.3 is 0 Å². The minimum absolute atomic E-state index is 0.0380. The number of hydrogen-bond donors (Lipinski definition) is 1. The normalized spacial score (nSPS) is 12.2. The quantitative estimate of drug-likeness (QED) is 0.529. The molecule has 0 spiro atoms. The first-order valence-corrected chi connectivity index (χ1v) is 10.5. The minimum atomic E-state index is -0.102. The van der Waals surface area contributed by atoms with Crippen LogP contribution in [0, 0.1) is 20.8 Å². The molecular weight excluding hydrogens is 386 g/mol. The fourth-order valence-electron chi connectivity index (χ4n) is 4.01. The Kier molecular flexibility index (Phi) is 5.55. The number of nitrogens with one attached hydrogen (secondary N) is 1. The van der Waals surface area contributed by atoms with Crippen LogP contribution < -0.4 is 5.32 Å². The van der Waals surface area contributed by atoms with E-state index in [4.69, 9.17) is 4.98 Å². The predicted molar refractivity (Wildman–Crippen MR) is 123 cm³/mol. The van der Waals surface area contributed by atoms with Crippen molar-refractivity contribution in [2.45, 2.75) is 40.2 Å². The minimum Gasteiger partial charge on any atom is -0.349 e. The highest BCUT2D eigenvalue weighted by Crippen LogP contribution is 2.26. The van der Waals surface area contributed by atoms with Gasteiger partial charge in [0.25, 0.3) is 5.91 Å². The monoisotopic (exact) mass is 413 g/mol. The molecule has 1 N–H and O–H groups in total. The van der Waals surface area contributed by atoms with Crippen molar-refractivity contribution in [2.75, 3.05) is 0 Å². The lowest BCUT2D eigenvalue weighted by atomic mass is 10.0. The van der Waals surface area contributed by atoms with Gasteiger partial charge in [0.15, 0.2) is 0 Å². The van der Waals surface area contributed by atoms with E-state index in [9.17, 15) is 4.79 Å². The molecule has 0 radical (unpaired) electrons. The molecule has 1 atom stereocenters. The molecule has 0 aliphatic heterocycles. The zero-order chi connectivity index (χ0) is 22.1. The van der Waals surface area contributed by atoms with Crippen LogP contribution in [0.2, 0.25) is 0 Å². The number of carbonyl (C=O) groups excluding carboxylic acids is 1. The van der Waals surface area contributed by atoms with Crippen molar-refractivity contribution < 1.29 is 4.79 Å². The second kappa shape index (κ2) is 8.30. The van der Waals surface area contributed by atoms with Gasteiger partial charge in [-0.25, -0.2) is 4.98 Å². The standard InChI is InChI=1S/C25H27N5O/c1-15-8-6-10-20-22(13-23(28-24(15)20)19-9-7-11-26-14-19)25(31)27-16(2)12-21-17(3)29-30(5)18(21)4/h6-11,13-14,16H,12H2,1-5H3,(H,27,31)/t16-/m0/s1. The van der Waals surface area contributed by atoms with E-state index in [1.165, 1.54) is 5.56 Å². The number of hydrogen-bond acceptors (Lipinski definition) is 4. The molecule has 0 saturated heterocycles. The summed E-state index contributed by atoms with van der Waals surface area (Å²) in [5, 5.41) is 8.52. The Morgan fingerprint density at radius 1 is 1.16 bits per heavy atom. The number of para-hydroxylation sites is 1. The summed E-state index contributed by atoms with van der Waals surface area (Å²) in [5.74, 6) is -0.102. The molecule has 1 aromatic carbocycles. The van der Waals surface area contributed by atoms with Gasteiger partial charge in [-0.05, 0) is 63.4 Å². The molecule has 4 rings (SSSR count). The molecule has 0 aliphatic rings. The van der Waals surface area contributed by atoms with Gasteiger partial charge in [0.2, 0.25) is 0 Å². The average molecular weight is 414 g/mol. The van der Waals surface area contributed by atoms with E-state index in [1.807, 2.05) is 68.9 Å². The zero-order valence-corrected chi connectivity index (χ0v) is 18.6. The van der Waals surface area contributed by atoms with E-state index in [-0.39, 0.29) is 11.9 Å². The van der Waals surface area contributed by atoms with Crippen molar-refractivity contribution >= 4 is 16.8 Å². The Bertz CT molecular complexity index is 1260. The third-order valence-electron chi connectivity index (χ3n) is 5.79. The first kappa shape index (κ1) is 20.7. The maximum Gasteiger partial charge on any atom is 0.252 e. The second-order valence-corrected chi connectivity index (χ2v) is 8.12. The largest absolute Gasteiger partial charge is 0.349 e. The van der Waals surface area contributed by atoms with Gasteiger partial charge in [-0.2, -0.15) is 5.10 Å². The van der Waals surface area contributed by atoms with E-state index in [0.29, 0.717) is 5.56 Å². The topological polar surface area (TPSA) is 72.7 Å². The summed E-state index contributed by atoms with van der Waals surface area (Å²) in [6, 6.07) is 11.6. The van der Waals surface area contributed by atoms with Crippen LogP contribution in [0.3, 0.4) is 0 Å². The lowest BCUT2D eigenvalue weighted by molar-refractivity contribution is 0.0941. The van der Waals surface area contributed by atoms with Gasteiger partial charge in [0.05, 0.1) is 22.5 Å². The van der Waals surface area contributed by atoms with Crippen LogP contribution in [-0.4, -0.2) is 31.7 Å². The number of rotatable bonds is 5. The zero-order valence-electron chi connectivity index (χ0n) is 18.6. The summed E-state index contributed by atoms with van der Waals surface area (Å²) in [4.78, 5) is 22.4. The van der Waals surface area contributed by atoms with Crippen molar-refractivity contribution in [2.24, 2.45) is 7.05 Å². The van der Waals surface area contributed by atoms with Gasteiger partial charge < -0.3 is 5.32 Å². The van der Waals surface area contributed by atoms with E-state index in [0.717, 1.165) is 45.5 Å². The molecule has 0 saturated carbocycles. The predicted octanol–water partition coefficient (Wildman–Crippen LogP) is 4.32. The lowest BCUT2D eigenvalue weighted by Gasteiger charge is -2.16. The van der Waals surface area contributed by atoms with Crippen LogP contribution in [0.4, 0.5) is 0 Å². The van der Waals surface area contributed by atoms with E-state index < -0.39 is 0 Å². The maximum atomic E-state index is 13.4. The van der Waals surface area contributed by atoms with Gasteiger partial charge in [-0.1, -0.05) is 18.2 Å². The third-order valence-corrected chi connectivity index (χ3v) is 5.79. The van der Waals surface area contributed by atoms with E-state index in [1.54, 1.807) is 12.4 Å². The fourth-order valence-corrected chi connectivity index (χ4v) is 4.01. The number of aromatic nitrogens is 4. The first-order valence-electron chi connectivity index (χ1n) is 10.5. The van der Waals surface area contributed by atoms with E-state index in [2.05, 4.69) is 22.3 Å².